The Kier molecular flexibility index (Phi) is 7.02. The first-order chi connectivity index (χ1) is 18.4. The largest absolute Gasteiger partial charge is 0.496 e. The summed E-state index contributed by atoms with van der Waals surface area (Å²) in [5, 5.41) is 23.3. The summed E-state index contributed by atoms with van der Waals surface area (Å²) < 4.78 is 5.42. The Morgan fingerprint density at radius 1 is 1.03 bits per heavy atom. The zero-order valence-electron chi connectivity index (χ0n) is 21.0. The van der Waals surface area contributed by atoms with Crippen LogP contribution in [0, 0.1) is 0 Å². The van der Waals surface area contributed by atoms with Crippen molar-refractivity contribution in [2.24, 2.45) is 0 Å². The van der Waals surface area contributed by atoms with Gasteiger partial charge >= 0.3 is 6.09 Å². The molecule has 38 heavy (non-hydrogen) atoms. The summed E-state index contributed by atoms with van der Waals surface area (Å²) in [4.78, 5) is 41.0. The van der Waals surface area contributed by atoms with Crippen LogP contribution in [0.25, 0.3) is 0 Å². The number of hydrogen-bond donors (Lipinski definition) is 3. The molecule has 9 heteroatoms. The van der Waals surface area contributed by atoms with Crippen LogP contribution in [0.4, 0.5) is 4.79 Å². The minimum Gasteiger partial charge on any atom is -0.496 e. The number of ether oxygens (including phenoxy) is 1. The minimum absolute atomic E-state index is 0.129. The topological polar surface area (TPSA) is 119 Å². The molecule has 2 atom stereocenters. The number of carbonyl (C=O) groups is 3. The molecule has 9 nitrogen and oxygen atoms in total. The zero-order chi connectivity index (χ0) is 26.8. The molecule has 2 aliphatic heterocycles. The Morgan fingerprint density at radius 2 is 1.74 bits per heavy atom. The van der Waals surface area contributed by atoms with Gasteiger partial charge in [-0.15, -0.1) is 0 Å². The van der Waals surface area contributed by atoms with E-state index in [1.165, 1.54) is 12.0 Å². The summed E-state index contributed by atoms with van der Waals surface area (Å²) in [6.45, 7) is 0.849. The number of amides is 3. The van der Waals surface area contributed by atoms with Crippen LogP contribution in [0.3, 0.4) is 0 Å². The van der Waals surface area contributed by atoms with Gasteiger partial charge in [-0.2, -0.15) is 0 Å². The van der Waals surface area contributed by atoms with Crippen molar-refractivity contribution in [2.75, 3.05) is 13.7 Å². The second-order valence-electron chi connectivity index (χ2n) is 9.58. The number of aliphatic hydroxyl groups is 1. The highest BCUT2D eigenvalue weighted by molar-refractivity contribution is 6.03. The fraction of sp³-hybridized carbons (Fsp3) is 0.276. The number of nitrogens with one attached hydrogen (secondary N) is 1. The van der Waals surface area contributed by atoms with Crippen molar-refractivity contribution in [3.05, 3.63) is 100 Å². The van der Waals surface area contributed by atoms with Gasteiger partial charge in [0.15, 0.2) is 0 Å². The predicted molar refractivity (Wildman–Crippen MR) is 139 cm³/mol. The summed E-state index contributed by atoms with van der Waals surface area (Å²) in [5.74, 6) is -0.351. The standard InChI is InChI=1S/C29H29N3O6/c1-38-26-13-22-21(16-31(28(22)35)15-18-7-3-2-4-8-18)11-23(26)27(34)30-14-25(33)24-12-19-9-5-6-10-20(19)17-32(24)29(36)37/h2-11,13,24-25,33H,12,14-17H2,1H3,(H,30,34)(H,36,37)/t24-,25?/m0/s1. The van der Waals surface area contributed by atoms with Gasteiger partial charge in [-0.3, -0.25) is 14.5 Å². The molecule has 1 unspecified atom stereocenters. The fourth-order valence-corrected chi connectivity index (χ4v) is 5.21. The number of hydrogen-bond acceptors (Lipinski definition) is 5. The lowest BCUT2D eigenvalue weighted by molar-refractivity contribution is 0.0382. The molecule has 3 aromatic rings. The Bertz CT molecular complexity index is 1380. The first-order valence-corrected chi connectivity index (χ1v) is 12.4. The Hall–Kier alpha value is -4.37. The first kappa shape index (κ1) is 25.3. The lowest BCUT2D eigenvalue weighted by Crippen LogP contribution is -2.53. The number of carbonyl (C=O) groups excluding carboxylic acids is 2. The molecule has 0 radical (unpaired) electrons. The van der Waals surface area contributed by atoms with Gasteiger partial charge < -0.3 is 25.2 Å². The van der Waals surface area contributed by atoms with E-state index in [-0.39, 0.29) is 30.3 Å². The van der Waals surface area contributed by atoms with Crippen molar-refractivity contribution in [1.29, 1.82) is 0 Å². The molecule has 0 bridgehead atoms. The van der Waals surface area contributed by atoms with Crippen LogP contribution in [0.1, 0.15) is 43.0 Å². The maximum atomic E-state index is 13.1. The quantitative estimate of drug-likeness (QED) is 0.445. The summed E-state index contributed by atoms with van der Waals surface area (Å²) in [6.07, 6.45) is -1.90. The van der Waals surface area contributed by atoms with Gasteiger partial charge in [0.1, 0.15) is 5.75 Å². The highest BCUT2D eigenvalue weighted by atomic mass is 16.5. The summed E-state index contributed by atoms with van der Waals surface area (Å²) in [7, 11) is 1.43. The van der Waals surface area contributed by atoms with Crippen LogP contribution in [-0.4, -0.2) is 63.7 Å². The van der Waals surface area contributed by atoms with Crippen molar-refractivity contribution in [1.82, 2.24) is 15.1 Å². The van der Waals surface area contributed by atoms with Crippen molar-refractivity contribution >= 4 is 17.9 Å². The van der Waals surface area contributed by atoms with Gasteiger partial charge in [-0.25, -0.2) is 4.79 Å². The maximum Gasteiger partial charge on any atom is 0.407 e. The molecule has 3 aromatic carbocycles. The average Bonchev–Trinajstić information content (AvgIpc) is 3.24. The van der Waals surface area contributed by atoms with Crippen molar-refractivity contribution in [2.45, 2.75) is 38.2 Å². The lowest BCUT2D eigenvalue weighted by atomic mass is 9.91. The molecule has 0 aliphatic carbocycles. The number of methoxy groups -OCH3 is 1. The van der Waals surface area contributed by atoms with Crippen molar-refractivity contribution in [3.63, 3.8) is 0 Å². The van der Waals surface area contributed by atoms with E-state index in [1.54, 1.807) is 17.0 Å². The molecule has 0 saturated carbocycles. The van der Waals surface area contributed by atoms with E-state index in [0.717, 1.165) is 22.3 Å². The van der Waals surface area contributed by atoms with Crippen molar-refractivity contribution in [3.8, 4) is 5.75 Å². The molecular weight excluding hydrogens is 486 g/mol. The highest BCUT2D eigenvalue weighted by Crippen LogP contribution is 2.31. The third-order valence-corrected chi connectivity index (χ3v) is 7.22. The average molecular weight is 516 g/mol. The molecular formula is C29H29N3O6. The minimum atomic E-state index is -1.13. The molecule has 3 amide bonds. The maximum absolute atomic E-state index is 13.1. The number of benzene rings is 3. The van der Waals surface area contributed by atoms with Gasteiger partial charge in [-0.1, -0.05) is 54.6 Å². The third kappa shape index (κ3) is 4.92. The molecule has 0 aromatic heterocycles. The van der Waals surface area contributed by atoms with Crippen LogP contribution in [0.5, 0.6) is 5.75 Å². The Balaban J connectivity index is 1.29. The van der Waals surface area contributed by atoms with Crippen LogP contribution < -0.4 is 10.1 Å². The van der Waals surface area contributed by atoms with E-state index in [9.17, 15) is 24.6 Å². The molecule has 196 valence electrons. The van der Waals surface area contributed by atoms with Crippen molar-refractivity contribution < 1.29 is 29.3 Å². The third-order valence-electron chi connectivity index (χ3n) is 7.22. The monoisotopic (exact) mass is 515 g/mol. The number of carboxylic acid groups (broad SMARTS) is 1. The summed E-state index contributed by atoms with van der Waals surface area (Å²) in [6, 6.07) is 19.7. The lowest BCUT2D eigenvalue weighted by Gasteiger charge is -2.37. The number of nitrogens with zero attached hydrogens (tertiary/aromatic N) is 2. The molecule has 3 N–H and O–H groups in total. The van der Waals surface area contributed by atoms with Gasteiger partial charge in [0.25, 0.3) is 11.8 Å². The second kappa shape index (κ2) is 10.5. The van der Waals surface area contributed by atoms with E-state index in [1.807, 2.05) is 54.6 Å². The number of aliphatic hydroxyl groups excluding tert-OH is 1. The smallest absolute Gasteiger partial charge is 0.407 e. The molecule has 0 saturated heterocycles. The molecule has 5 rings (SSSR count). The molecule has 0 fully saturated rings. The van der Waals surface area contributed by atoms with Gasteiger partial charge in [0, 0.05) is 31.7 Å². The number of rotatable bonds is 7. The predicted octanol–water partition coefficient (Wildman–Crippen LogP) is 3.05. The Labute approximate surface area is 220 Å². The molecule has 2 heterocycles. The summed E-state index contributed by atoms with van der Waals surface area (Å²) in [5.41, 5.74) is 4.35. The van der Waals surface area contributed by atoms with Gasteiger partial charge in [0.2, 0.25) is 0 Å². The summed E-state index contributed by atoms with van der Waals surface area (Å²) >= 11 is 0. The van der Waals surface area contributed by atoms with Gasteiger partial charge in [-0.05, 0) is 40.8 Å². The second-order valence-corrected chi connectivity index (χ2v) is 9.58. The Morgan fingerprint density at radius 3 is 2.45 bits per heavy atom. The normalized spacial score (nSPS) is 17.0. The highest BCUT2D eigenvalue weighted by Gasteiger charge is 2.35. The number of fused-ring (bicyclic) bond motifs is 2. The zero-order valence-corrected chi connectivity index (χ0v) is 21.0. The first-order valence-electron chi connectivity index (χ1n) is 12.4. The van der Waals surface area contributed by atoms with E-state index >= 15 is 0 Å². The van der Waals surface area contributed by atoms with E-state index in [2.05, 4.69) is 5.32 Å². The SMILES string of the molecule is COc1cc2c(cc1C(=O)NCC(O)[C@@H]1Cc3ccccc3CN1C(=O)O)CN(Cc1ccccc1)C2=O. The van der Waals surface area contributed by atoms with Crippen LogP contribution in [-0.2, 0) is 26.1 Å². The van der Waals surface area contributed by atoms with Crippen LogP contribution in [0.15, 0.2) is 66.7 Å². The van der Waals surface area contributed by atoms with E-state index in [0.29, 0.717) is 25.1 Å². The van der Waals surface area contributed by atoms with Gasteiger partial charge in [0.05, 0.1) is 24.8 Å². The fourth-order valence-electron chi connectivity index (χ4n) is 5.21. The molecule has 2 aliphatic rings. The van der Waals surface area contributed by atoms with Crippen LogP contribution >= 0.6 is 0 Å². The van der Waals surface area contributed by atoms with E-state index in [4.69, 9.17) is 4.74 Å². The van der Waals surface area contributed by atoms with Crippen LogP contribution in [0.2, 0.25) is 0 Å². The molecule has 0 spiro atoms. The van der Waals surface area contributed by atoms with E-state index < -0.39 is 24.1 Å².